The molecule has 0 spiro atoms. The van der Waals surface area contributed by atoms with Gasteiger partial charge in [-0.25, -0.2) is 4.39 Å². The summed E-state index contributed by atoms with van der Waals surface area (Å²) < 4.78 is 12.8. The van der Waals surface area contributed by atoms with Crippen molar-refractivity contribution < 1.29 is 4.39 Å². The second-order valence-corrected chi connectivity index (χ2v) is 5.90. The van der Waals surface area contributed by atoms with Crippen molar-refractivity contribution in [2.45, 2.75) is 52.1 Å². The highest BCUT2D eigenvalue weighted by molar-refractivity contribution is 5.09. The highest BCUT2D eigenvalue weighted by Crippen LogP contribution is 2.29. The second-order valence-electron chi connectivity index (χ2n) is 5.90. The summed E-state index contributed by atoms with van der Waals surface area (Å²) in [6.45, 7) is 6.75. The maximum Gasteiger partial charge on any atom is 0.141 e. The molecule has 0 saturated heterocycles. The van der Waals surface area contributed by atoms with Gasteiger partial charge >= 0.3 is 0 Å². The molecule has 3 atom stereocenters. The number of hydrogen-bond donors (Lipinski definition) is 1. The van der Waals surface area contributed by atoms with Crippen LogP contribution >= 0.6 is 0 Å². The van der Waals surface area contributed by atoms with E-state index in [1.807, 2.05) is 0 Å². The van der Waals surface area contributed by atoms with E-state index in [-0.39, 0.29) is 11.9 Å². The van der Waals surface area contributed by atoms with Gasteiger partial charge in [-0.2, -0.15) is 0 Å². The molecule has 1 aromatic heterocycles. The molecule has 1 N–H and O–H groups in total. The van der Waals surface area contributed by atoms with Gasteiger partial charge in [0.1, 0.15) is 5.82 Å². The van der Waals surface area contributed by atoms with Crippen molar-refractivity contribution in [2.24, 2.45) is 11.8 Å². The summed E-state index contributed by atoms with van der Waals surface area (Å²) in [5.74, 6) is 1.31. The number of pyridine rings is 1. The number of rotatable bonds is 3. The predicted octanol–water partition coefficient (Wildman–Crippen LogP) is 3.70. The third-order valence-corrected chi connectivity index (χ3v) is 3.86. The normalized spacial score (nSPS) is 30.1. The third kappa shape index (κ3) is 3.52. The summed E-state index contributed by atoms with van der Waals surface area (Å²) >= 11 is 0. The number of halogens is 1. The van der Waals surface area contributed by atoms with Crippen molar-refractivity contribution in [3.05, 3.63) is 29.8 Å². The first-order valence-corrected chi connectivity index (χ1v) is 6.92. The van der Waals surface area contributed by atoms with Crippen LogP contribution in [0.5, 0.6) is 0 Å². The van der Waals surface area contributed by atoms with Gasteiger partial charge in [-0.1, -0.05) is 13.8 Å². The lowest BCUT2D eigenvalue weighted by Crippen LogP contribution is -2.38. The maximum absolute atomic E-state index is 12.8. The van der Waals surface area contributed by atoms with Gasteiger partial charge in [0.15, 0.2) is 0 Å². The minimum atomic E-state index is -0.272. The van der Waals surface area contributed by atoms with Crippen LogP contribution in [0.3, 0.4) is 0 Å². The third-order valence-electron chi connectivity index (χ3n) is 3.86. The zero-order chi connectivity index (χ0) is 13.1. The van der Waals surface area contributed by atoms with Gasteiger partial charge in [0, 0.05) is 12.1 Å². The Morgan fingerprint density at radius 3 is 2.44 bits per heavy atom. The van der Waals surface area contributed by atoms with E-state index in [2.05, 4.69) is 31.1 Å². The number of nitrogens with one attached hydrogen (secondary N) is 1. The summed E-state index contributed by atoms with van der Waals surface area (Å²) in [4.78, 5) is 4.14. The van der Waals surface area contributed by atoms with E-state index in [9.17, 15) is 4.39 Å². The van der Waals surface area contributed by atoms with Gasteiger partial charge in [0.2, 0.25) is 0 Å². The number of aromatic nitrogens is 1. The molecule has 1 fully saturated rings. The van der Waals surface area contributed by atoms with Gasteiger partial charge in [-0.05, 0) is 50.2 Å². The molecule has 0 aromatic carbocycles. The minimum absolute atomic E-state index is 0.188. The summed E-state index contributed by atoms with van der Waals surface area (Å²) in [5, 5.41) is 3.63. The van der Waals surface area contributed by atoms with Gasteiger partial charge in [-0.3, -0.25) is 4.98 Å². The lowest BCUT2D eigenvalue weighted by atomic mass is 9.80. The first-order chi connectivity index (χ1) is 8.54. The highest BCUT2D eigenvalue weighted by atomic mass is 19.1. The first kappa shape index (κ1) is 13.5. The second kappa shape index (κ2) is 5.79. The lowest BCUT2D eigenvalue weighted by molar-refractivity contribution is 0.227. The summed E-state index contributed by atoms with van der Waals surface area (Å²) in [7, 11) is 0. The van der Waals surface area contributed by atoms with Crippen molar-refractivity contribution in [1.82, 2.24) is 10.3 Å². The SMILES string of the molecule is CC1CC(C)CC(NC(C)c2ccc(F)cn2)C1. The van der Waals surface area contributed by atoms with Crippen LogP contribution in [0, 0.1) is 17.7 Å². The molecule has 1 aliphatic rings. The lowest BCUT2D eigenvalue weighted by Gasteiger charge is -2.33. The quantitative estimate of drug-likeness (QED) is 0.885. The van der Waals surface area contributed by atoms with Crippen LogP contribution in [0.2, 0.25) is 0 Å². The molecule has 1 aromatic rings. The molecule has 0 bridgehead atoms. The molecule has 2 rings (SSSR count). The molecule has 1 saturated carbocycles. The van der Waals surface area contributed by atoms with E-state index >= 15 is 0 Å². The van der Waals surface area contributed by atoms with Gasteiger partial charge < -0.3 is 5.32 Å². The van der Waals surface area contributed by atoms with E-state index < -0.39 is 0 Å². The Bertz CT molecular complexity index is 367. The molecule has 1 aliphatic carbocycles. The van der Waals surface area contributed by atoms with Crippen LogP contribution in [0.15, 0.2) is 18.3 Å². The monoisotopic (exact) mass is 250 g/mol. The fourth-order valence-corrected chi connectivity index (χ4v) is 3.17. The Morgan fingerprint density at radius 1 is 1.22 bits per heavy atom. The van der Waals surface area contributed by atoms with Gasteiger partial charge in [0.05, 0.1) is 11.9 Å². The molecule has 0 aliphatic heterocycles. The average Bonchev–Trinajstić information content (AvgIpc) is 2.28. The van der Waals surface area contributed by atoms with Gasteiger partial charge in [0.25, 0.3) is 0 Å². The standard InChI is InChI=1S/C15H23FN2/c1-10-6-11(2)8-14(7-10)18-12(3)15-5-4-13(16)9-17-15/h4-5,9-12,14,18H,6-8H2,1-3H3. The summed E-state index contributed by atoms with van der Waals surface area (Å²) in [6.07, 6.45) is 5.09. The first-order valence-electron chi connectivity index (χ1n) is 6.92. The van der Waals surface area contributed by atoms with Crippen LogP contribution in [0.4, 0.5) is 4.39 Å². The van der Waals surface area contributed by atoms with Gasteiger partial charge in [-0.15, -0.1) is 0 Å². The van der Waals surface area contributed by atoms with Crippen molar-refractivity contribution in [3.8, 4) is 0 Å². The molecular formula is C15H23FN2. The fourth-order valence-electron chi connectivity index (χ4n) is 3.17. The van der Waals surface area contributed by atoms with Crippen LogP contribution in [0.25, 0.3) is 0 Å². The Labute approximate surface area is 109 Å². The van der Waals surface area contributed by atoms with E-state index in [0.29, 0.717) is 6.04 Å². The van der Waals surface area contributed by atoms with E-state index in [0.717, 1.165) is 17.5 Å². The van der Waals surface area contributed by atoms with Crippen molar-refractivity contribution in [3.63, 3.8) is 0 Å². The van der Waals surface area contributed by atoms with Crippen molar-refractivity contribution in [1.29, 1.82) is 0 Å². The van der Waals surface area contributed by atoms with Crippen LogP contribution < -0.4 is 5.32 Å². The van der Waals surface area contributed by atoms with Crippen molar-refractivity contribution in [2.75, 3.05) is 0 Å². The Morgan fingerprint density at radius 2 is 1.89 bits per heavy atom. The maximum atomic E-state index is 12.8. The Balaban J connectivity index is 1.94. The molecule has 0 amide bonds. The fraction of sp³-hybridized carbons (Fsp3) is 0.667. The van der Waals surface area contributed by atoms with Crippen LogP contribution in [-0.4, -0.2) is 11.0 Å². The largest absolute Gasteiger partial charge is 0.306 e. The number of hydrogen-bond acceptors (Lipinski definition) is 2. The summed E-state index contributed by atoms with van der Waals surface area (Å²) in [5.41, 5.74) is 0.919. The molecular weight excluding hydrogens is 227 g/mol. The molecule has 3 unspecified atom stereocenters. The summed E-state index contributed by atoms with van der Waals surface area (Å²) in [6, 6.07) is 3.99. The number of nitrogens with zero attached hydrogens (tertiary/aromatic N) is 1. The molecule has 0 radical (unpaired) electrons. The van der Waals surface area contributed by atoms with Crippen molar-refractivity contribution >= 4 is 0 Å². The minimum Gasteiger partial charge on any atom is -0.306 e. The Hall–Kier alpha value is -0.960. The predicted molar refractivity (Wildman–Crippen MR) is 71.7 cm³/mol. The van der Waals surface area contributed by atoms with E-state index in [1.165, 1.54) is 31.5 Å². The molecule has 18 heavy (non-hydrogen) atoms. The topological polar surface area (TPSA) is 24.9 Å². The average molecular weight is 250 g/mol. The van der Waals surface area contributed by atoms with E-state index in [1.54, 1.807) is 6.07 Å². The molecule has 3 heteroatoms. The van der Waals surface area contributed by atoms with Crippen LogP contribution in [-0.2, 0) is 0 Å². The smallest absolute Gasteiger partial charge is 0.141 e. The van der Waals surface area contributed by atoms with E-state index in [4.69, 9.17) is 0 Å². The zero-order valence-corrected chi connectivity index (χ0v) is 11.5. The highest BCUT2D eigenvalue weighted by Gasteiger charge is 2.25. The zero-order valence-electron chi connectivity index (χ0n) is 11.5. The van der Waals surface area contributed by atoms with Crippen LogP contribution in [0.1, 0.15) is 51.8 Å². The molecule has 1 heterocycles. The Kier molecular flexibility index (Phi) is 4.33. The molecule has 100 valence electrons. The molecule has 2 nitrogen and oxygen atoms in total.